The molecular weight excluding hydrogens is 230 g/mol. The van der Waals surface area contributed by atoms with E-state index in [1.807, 2.05) is 23.7 Å². The molecule has 0 aliphatic rings. The number of anilines is 1. The number of thiazole rings is 1. The van der Waals surface area contributed by atoms with Crippen molar-refractivity contribution in [2.45, 2.75) is 19.4 Å². The summed E-state index contributed by atoms with van der Waals surface area (Å²) < 4.78 is 0. The molecule has 0 saturated heterocycles. The first-order valence-corrected chi connectivity index (χ1v) is 6.71. The Bertz CT molecular complexity index is 440. The first kappa shape index (κ1) is 12.1. The quantitative estimate of drug-likeness (QED) is 0.609. The molecule has 0 bridgehead atoms. The Morgan fingerprint density at radius 2 is 2.18 bits per heavy atom. The third kappa shape index (κ3) is 3.84. The van der Waals surface area contributed by atoms with Gasteiger partial charge in [0.25, 0.3) is 0 Å². The number of rotatable bonds is 6. The number of benzene rings is 1. The lowest BCUT2D eigenvalue weighted by atomic mass is 10.1. The molecule has 0 radical (unpaired) electrons. The predicted octanol–water partition coefficient (Wildman–Crippen LogP) is 2.45. The van der Waals surface area contributed by atoms with Crippen molar-refractivity contribution in [3.05, 3.63) is 46.4 Å². The van der Waals surface area contributed by atoms with Crippen LogP contribution in [0.3, 0.4) is 0 Å². The number of hydrogen-bond acceptors (Lipinski definition) is 4. The van der Waals surface area contributed by atoms with Crippen molar-refractivity contribution in [2.75, 3.05) is 12.3 Å². The molecule has 0 aliphatic heterocycles. The molecule has 0 atom stereocenters. The largest absolute Gasteiger partial charge is 0.399 e. The highest BCUT2D eigenvalue weighted by Crippen LogP contribution is 2.12. The van der Waals surface area contributed by atoms with Crippen LogP contribution in [0.15, 0.2) is 35.2 Å². The van der Waals surface area contributed by atoms with E-state index in [2.05, 4.69) is 21.7 Å². The standard InChI is InChI=1S/C13H17N3S/c14-13-6-2-1-4-11(13)5-3-7-15-8-12-9-17-10-16-12/h1-2,4,6,9-10,15H,3,5,7-8,14H2. The van der Waals surface area contributed by atoms with Crippen LogP contribution in [0, 0.1) is 0 Å². The van der Waals surface area contributed by atoms with Crippen molar-refractivity contribution in [1.29, 1.82) is 0 Å². The fourth-order valence-electron chi connectivity index (χ4n) is 1.71. The van der Waals surface area contributed by atoms with Gasteiger partial charge in [-0.25, -0.2) is 4.98 Å². The number of nitrogens with one attached hydrogen (secondary N) is 1. The molecule has 0 amide bonds. The van der Waals surface area contributed by atoms with Crippen LogP contribution in [-0.2, 0) is 13.0 Å². The van der Waals surface area contributed by atoms with Crippen LogP contribution in [0.4, 0.5) is 5.69 Å². The minimum atomic E-state index is 0.855. The molecule has 3 nitrogen and oxygen atoms in total. The van der Waals surface area contributed by atoms with Gasteiger partial charge in [-0.2, -0.15) is 0 Å². The summed E-state index contributed by atoms with van der Waals surface area (Å²) in [5.74, 6) is 0. The van der Waals surface area contributed by atoms with E-state index < -0.39 is 0 Å². The average Bonchev–Trinajstić information content (AvgIpc) is 2.84. The number of para-hydroxylation sites is 1. The van der Waals surface area contributed by atoms with Gasteiger partial charge in [-0.15, -0.1) is 11.3 Å². The van der Waals surface area contributed by atoms with Gasteiger partial charge in [-0.05, 0) is 31.0 Å². The molecule has 4 heteroatoms. The number of aromatic nitrogens is 1. The van der Waals surface area contributed by atoms with Gasteiger partial charge in [-0.3, -0.25) is 0 Å². The van der Waals surface area contributed by atoms with Gasteiger partial charge < -0.3 is 11.1 Å². The van der Waals surface area contributed by atoms with Crippen LogP contribution in [0.5, 0.6) is 0 Å². The summed E-state index contributed by atoms with van der Waals surface area (Å²) in [6.45, 7) is 1.85. The van der Waals surface area contributed by atoms with Gasteiger partial charge in [-0.1, -0.05) is 18.2 Å². The van der Waals surface area contributed by atoms with E-state index in [9.17, 15) is 0 Å². The summed E-state index contributed by atoms with van der Waals surface area (Å²) in [6, 6.07) is 8.06. The monoisotopic (exact) mass is 247 g/mol. The minimum Gasteiger partial charge on any atom is -0.399 e. The highest BCUT2D eigenvalue weighted by molar-refractivity contribution is 7.07. The minimum absolute atomic E-state index is 0.855. The highest BCUT2D eigenvalue weighted by Gasteiger charge is 1.98. The van der Waals surface area contributed by atoms with Crippen LogP contribution >= 0.6 is 11.3 Å². The van der Waals surface area contributed by atoms with Gasteiger partial charge in [0.05, 0.1) is 11.2 Å². The van der Waals surface area contributed by atoms with Gasteiger partial charge in [0.2, 0.25) is 0 Å². The summed E-state index contributed by atoms with van der Waals surface area (Å²) in [5, 5.41) is 5.45. The second-order valence-corrected chi connectivity index (χ2v) is 4.68. The molecule has 0 fully saturated rings. The maximum atomic E-state index is 5.88. The summed E-state index contributed by atoms with van der Waals surface area (Å²) in [4.78, 5) is 4.22. The Kier molecular flexibility index (Phi) is 4.53. The summed E-state index contributed by atoms with van der Waals surface area (Å²) in [5.41, 5.74) is 11.0. The molecule has 0 unspecified atom stereocenters. The maximum Gasteiger partial charge on any atom is 0.0795 e. The Morgan fingerprint density at radius 3 is 2.94 bits per heavy atom. The second kappa shape index (κ2) is 6.37. The summed E-state index contributed by atoms with van der Waals surface area (Å²) in [6.07, 6.45) is 2.12. The van der Waals surface area contributed by atoms with Gasteiger partial charge in [0, 0.05) is 17.6 Å². The van der Waals surface area contributed by atoms with Crippen LogP contribution in [0.1, 0.15) is 17.7 Å². The Morgan fingerprint density at radius 1 is 1.29 bits per heavy atom. The maximum absolute atomic E-state index is 5.88. The number of hydrogen-bond donors (Lipinski definition) is 2. The summed E-state index contributed by atoms with van der Waals surface area (Å²) >= 11 is 1.63. The van der Waals surface area contributed by atoms with Crippen molar-refractivity contribution in [3.63, 3.8) is 0 Å². The first-order chi connectivity index (χ1) is 8.36. The second-order valence-electron chi connectivity index (χ2n) is 3.96. The number of nitrogens with two attached hydrogens (primary N) is 1. The SMILES string of the molecule is Nc1ccccc1CCCNCc1cscn1. The summed E-state index contributed by atoms with van der Waals surface area (Å²) in [7, 11) is 0. The topological polar surface area (TPSA) is 50.9 Å². The normalized spacial score (nSPS) is 10.6. The van der Waals surface area contributed by atoms with E-state index in [1.54, 1.807) is 11.3 Å². The van der Waals surface area contributed by atoms with E-state index >= 15 is 0 Å². The first-order valence-electron chi connectivity index (χ1n) is 5.77. The van der Waals surface area contributed by atoms with E-state index in [1.165, 1.54) is 5.56 Å². The zero-order valence-electron chi connectivity index (χ0n) is 9.73. The van der Waals surface area contributed by atoms with E-state index in [-0.39, 0.29) is 0 Å². The molecule has 90 valence electrons. The van der Waals surface area contributed by atoms with Gasteiger partial charge >= 0.3 is 0 Å². The fraction of sp³-hybridized carbons (Fsp3) is 0.308. The molecule has 1 aromatic heterocycles. The van der Waals surface area contributed by atoms with Crippen molar-refractivity contribution < 1.29 is 0 Å². The molecule has 1 heterocycles. The molecule has 17 heavy (non-hydrogen) atoms. The number of aryl methyl sites for hydroxylation is 1. The van der Waals surface area contributed by atoms with Crippen molar-refractivity contribution >= 4 is 17.0 Å². The molecule has 2 aromatic rings. The molecular formula is C13H17N3S. The lowest BCUT2D eigenvalue weighted by Crippen LogP contribution is -2.15. The van der Waals surface area contributed by atoms with Gasteiger partial charge in [0.15, 0.2) is 0 Å². The zero-order chi connectivity index (χ0) is 11.9. The van der Waals surface area contributed by atoms with Crippen LogP contribution in [0.2, 0.25) is 0 Å². The zero-order valence-corrected chi connectivity index (χ0v) is 10.5. The van der Waals surface area contributed by atoms with Crippen molar-refractivity contribution in [3.8, 4) is 0 Å². The molecule has 0 aliphatic carbocycles. The van der Waals surface area contributed by atoms with Crippen molar-refractivity contribution in [1.82, 2.24) is 10.3 Å². The molecule has 0 spiro atoms. The number of nitrogens with zero attached hydrogens (tertiary/aromatic N) is 1. The van der Waals surface area contributed by atoms with Crippen LogP contribution in [-0.4, -0.2) is 11.5 Å². The number of nitrogen functional groups attached to an aromatic ring is 1. The lowest BCUT2D eigenvalue weighted by molar-refractivity contribution is 0.643. The predicted molar refractivity (Wildman–Crippen MR) is 73.0 cm³/mol. The molecule has 2 rings (SSSR count). The third-order valence-electron chi connectivity index (χ3n) is 2.64. The highest BCUT2D eigenvalue weighted by atomic mass is 32.1. The fourth-order valence-corrected chi connectivity index (χ4v) is 2.27. The lowest BCUT2D eigenvalue weighted by Gasteiger charge is -2.05. The van der Waals surface area contributed by atoms with Crippen LogP contribution in [0.25, 0.3) is 0 Å². The van der Waals surface area contributed by atoms with Gasteiger partial charge in [0.1, 0.15) is 0 Å². The Hall–Kier alpha value is -1.39. The molecule has 0 saturated carbocycles. The van der Waals surface area contributed by atoms with E-state index in [0.29, 0.717) is 0 Å². The smallest absolute Gasteiger partial charge is 0.0795 e. The Labute approximate surface area is 106 Å². The van der Waals surface area contributed by atoms with E-state index in [4.69, 9.17) is 5.73 Å². The Balaban J connectivity index is 1.65. The molecule has 1 aromatic carbocycles. The third-order valence-corrected chi connectivity index (χ3v) is 3.28. The average molecular weight is 247 g/mol. The van der Waals surface area contributed by atoms with Crippen molar-refractivity contribution in [2.24, 2.45) is 0 Å². The molecule has 3 N–H and O–H groups in total. The van der Waals surface area contributed by atoms with Crippen LogP contribution < -0.4 is 11.1 Å². The van der Waals surface area contributed by atoms with E-state index in [0.717, 1.165) is 37.3 Å².